The molecular weight excluding hydrogens is 380 g/mol. The van der Waals surface area contributed by atoms with Crippen molar-refractivity contribution in [2.45, 2.75) is 12.0 Å². The third-order valence-corrected chi connectivity index (χ3v) is 6.69. The monoisotopic (exact) mass is 404 g/mol. The number of ether oxygens (including phenoxy) is 1. The van der Waals surface area contributed by atoms with Crippen LogP contribution in [0.25, 0.3) is 6.08 Å². The number of nitrogens with zero attached hydrogens (tertiary/aromatic N) is 2. The maximum atomic E-state index is 5.77. The molecule has 3 aromatic carbocycles. The highest BCUT2D eigenvalue weighted by molar-refractivity contribution is 5.61. The average molecular weight is 405 g/mol. The second-order valence-electron chi connectivity index (χ2n) is 8.39. The van der Waals surface area contributed by atoms with E-state index >= 15 is 0 Å². The Morgan fingerprint density at radius 3 is 1.87 bits per heavy atom. The van der Waals surface area contributed by atoms with Gasteiger partial charge in [0.15, 0.2) is 0 Å². The van der Waals surface area contributed by atoms with Gasteiger partial charge in [0, 0.05) is 12.3 Å². The predicted molar refractivity (Wildman–Crippen MR) is 123 cm³/mol. The van der Waals surface area contributed by atoms with Crippen molar-refractivity contribution < 1.29 is 4.74 Å². The maximum Gasteiger partial charge on any atom is 0.122 e. The summed E-state index contributed by atoms with van der Waals surface area (Å²) in [7, 11) is 0. The second-order valence-corrected chi connectivity index (χ2v) is 8.39. The van der Waals surface area contributed by atoms with Crippen LogP contribution >= 0.6 is 0 Å². The number of imidazole rings is 1. The molecule has 0 amide bonds. The van der Waals surface area contributed by atoms with Crippen molar-refractivity contribution >= 4 is 6.08 Å². The Morgan fingerprint density at radius 1 is 0.774 bits per heavy atom. The van der Waals surface area contributed by atoms with Crippen LogP contribution in [-0.2, 0) is 16.7 Å². The van der Waals surface area contributed by atoms with Crippen LogP contribution in [0.3, 0.4) is 0 Å². The summed E-state index contributed by atoms with van der Waals surface area (Å²) in [5, 5.41) is 0. The first-order valence-electron chi connectivity index (χ1n) is 10.9. The Balaban J connectivity index is 1.70. The molecule has 0 saturated carbocycles. The Hall–Kier alpha value is -3.43. The fourth-order valence-electron chi connectivity index (χ4n) is 5.23. The number of rotatable bonds is 4. The van der Waals surface area contributed by atoms with Crippen LogP contribution in [0.1, 0.15) is 28.1 Å². The lowest BCUT2D eigenvalue weighted by Gasteiger charge is -2.39. The van der Waals surface area contributed by atoms with Crippen LogP contribution in [0.15, 0.2) is 103 Å². The lowest BCUT2D eigenvalue weighted by atomic mass is 9.76. The fraction of sp³-hybridized carbons (Fsp3) is 0.179. The van der Waals surface area contributed by atoms with Crippen LogP contribution in [0, 0.1) is 5.92 Å². The number of hydrogen-bond donors (Lipinski definition) is 0. The number of aromatic nitrogens is 2. The first-order valence-corrected chi connectivity index (χ1v) is 10.9. The SMILES string of the molecule is C1=C2COC[C@@H]2Cc2ncn(C(c3ccccc3)(c3ccccc3)c3ccccc3)c21. The van der Waals surface area contributed by atoms with Gasteiger partial charge in [0.2, 0.25) is 0 Å². The van der Waals surface area contributed by atoms with Gasteiger partial charge in [-0.2, -0.15) is 0 Å². The average Bonchev–Trinajstić information content (AvgIpc) is 3.47. The molecule has 0 N–H and O–H groups in total. The van der Waals surface area contributed by atoms with E-state index in [1.165, 1.54) is 28.0 Å². The van der Waals surface area contributed by atoms with Gasteiger partial charge in [0.05, 0.1) is 30.9 Å². The summed E-state index contributed by atoms with van der Waals surface area (Å²) in [6.45, 7) is 1.53. The van der Waals surface area contributed by atoms with Gasteiger partial charge in [0.25, 0.3) is 0 Å². The molecule has 0 bridgehead atoms. The zero-order valence-electron chi connectivity index (χ0n) is 17.3. The van der Waals surface area contributed by atoms with Crippen molar-refractivity contribution in [1.82, 2.24) is 9.55 Å². The zero-order valence-corrected chi connectivity index (χ0v) is 17.3. The summed E-state index contributed by atoms with van der Waals surface area (Å²) in [4.78, 5) is 4.92. The van der Waals surface area contributed by atoms with Crippen LogP contribution < -0.4 is 0 Å². The molecule has 1 aromatic heterocycles. The van der Waals surface area contributed by atoms with Crippen molar-refractivity contribution in [1.29, 1.82) is 0 Å². The van der Waals surface area contributed by atoms with Crippen LogP contribution in [0.4, 0.5) is 0 Å². The highest BCUT2D eigenvalue weighted by atomic mass is 16.5. The Bertz CT molecular complexity index is 1130. The van der Waals surface area contributed by atoms with E-state index in [4.69, 9.17) is 9.72 Å². The van der Waals surface area contributed by atoms with Crippen LogP contribution in [-0.4, -0.2) is 22.8 Å². The van der Waals surface area contributed by atoms with Crippen LogP contribution in [0.5, 0.6) is 0 Å². The van der Waals surface area contributed by atoms with Gasteiger partial charge < -0.3 is 9.30 Å². The van der Waals surface area contributed by atoms with E-state index in [1.807, 2.05) is 6.33 Å². The van der Waals surface area contributed by atoms with Crippen molar-refractivity contribution in [2.24, 2.45) is 5.92 Å². The number of benzene rings is 3. The van der Waals surface area contributed by atoms with Gasteiger partial charge in [0.1, 0.15) is 5.54 Å². The molecule has 1 fully saturated rings. The molecule has 31 heavy (non-hydrogen) atoms. The summed E-state index contributed by atoms with van der Waals surface area (Å²) < 4.78 is 8.15. The van der Waals surface area contributed by atoms with Crippen molar-refractivity contribution in [2.75, 3.05) is 13.2 Å². The summed E-state index contributed by atoms with van der Waals surface area (Å²) in [6.07, 6.45) is 5.31. The Labute approximate surface area is 182 Å². The molecule has 1 aliphatic carbocycles. The van der Waals surface area contributed by atoms with E-state index in [0.29, 0.717) is 5.92 Å². The van der Waals surface area contributed by atoms with Gasteiger partial charge >= 0.3 is 0 Å². The van der Waals surface area contributed by atoms with Crippen molar-refractivity contribution in [3.63, 3.8) is 0 Å². The Morgan fingerprint density at radius 2 is 1.32 bits per heavy atom. The van der Waals surface area contributed by atoms with Gasteiger partial charge in [-0.1, -0.05) is 91.0 Å². The standard InChI is InChI=1S/C28H24N2O/c1-4-10-23(11-5-1)28(24-12-6-2-7-13-24,25-14-8-3-9-15-25)30-20-29-26-16-21-18-31-19-22(21)17-27(26)30/h1-15,17,20-21H,16,18-19H2/t21-/m0/s1. The van der Waals surface area contributed by atoms with Gasteiger partial charge in [-0.25, -0.2) is 4.98 Å². The molecule has 3 heteroatoms. The summed E-state index contributed by atoms with van der Waals surface area (Å²) >= 11 is 0. The molecule has 1 saturated heterocycles. The van der Waals surface area contributed by atoms with Crippen LogP contribution in [0.2, 0.25) is 0 Å². The first kappa shape index (κ1) is 18.3. The molecule has 2 heterocycles. The molecule has 6 rings (SSSR count). The van der Waals surface area contributed by atoms with Gasteiger partial charge in [-0.3, -0.25) is 0 Å². The smallest absolute Gasteiger partial charge is 0.122 e. The molecule has 1 atom stereocenters. The third-order valence-electron chi connectivity index (χ3n) is 6.69. The highest BCUT2D eigenvalue weighted by Crippen LogP contribution is 2.44. The summed E-state index contributed by atoms with van der Waals surface area (Å²) in [5.41, 5.74) is 6.87. The molecule has 2 aliphatic rings. The number of fused-ring (bicyclic) bond motifs is 2. The molecule has 3 nitrogen and oxygen atoms in total. The minimum absolute atomic E-state index is 0.468. The molecule has 0 unspecified atom stereocenters. The Kier molecular flexibility index (Phi) is 4.36. The molecular formula is C28H24N2O. The lowest BCUT2D eigenvalue weighted by Crippen LogP contribution is -2.38. The van der Waals surface area contributed by atoms with Crippen molar-refractivity contribution in [3.05, 3.63) is 131 Å². The van der Waals surface area contributed by atoms with E-state index in [1.54, 1.807) is 0 Å². The van der Waals surface area contributed by atoms with Gasteiger partial charge in [-0.05, 0) is 28.3 Å². The van der Waals surface area contributed by atoms with E-state index in [2.05, 4.69) is 102 Å². The molecule has 1 aliphatic heterocycles. The zero-order chi connectivity index (χ0) is 20.7. The summed E-state index contributed by atoms with van der Waals surface area (Å²) in [5.74, 6) is 0.468. The quantitative estimate of drug-likeness (QED) is 0.431. The predicted octanol–water partition coefficient (Wildman–Crippen LogP) is 5.31. The minimum Gasteiger partial charge on any atom is -0.376 e. The molecule has 4 aromatic rings. The highest BCUT2D eigenvalue weighted by Gasteiger charge is 2.41. The number of hydrogen-bond acceptors (Lipinski definition) is 2. The first-order chi connectivity index (χ1) is 15.4. The minimum atomic E-state index is -0.520. The lowest BCUT2D eigenvalue weighted by molar-refractivity contribution is 0.188. The van der Waals surface area contributed by atoms with E-state index in [0.717, 1.165) is 25.3 Å². The van der Waals surface area contributed by atoms with Gasteiger partial charge in [-0.15, -0.1) is 0 Å². The second kappa shape index (κ2) is 7.36. The van der Waals surface area contributed by atoms with E-state index in [-0.39, 0.29) is 0 Å². The largest absolute Gasteiger partial charge is 0.376 e. The van der Waals surface area contributed by atoms with E-state index in [9.17, 15) is 0 Å². The normalized spacial score (nSPS) is 17.7. The topological polar surface area (TPSA) is 27.1 Å². The molecule has 152 valence electrons. The fourth-order valence-corrected chi connectivity index (χ4v) is 5.23. The molecule has 0 radical (unpaired) electrons. The van der Waals surface area contributed by atoms with E-state index < -0.39 is 5.54 Å². The summed E-state index contributed by atoms with van der Waals surface area (Å²) in [6, 6.07) is 32.3. The van der Waals surface area contributed by atoms with Crippen molar-refractivity contribution in [3.8, 4) is 0 Å². The third kappa shape index (κ3) is 2.81. The molecule has 0 spiro atoms. The maximum absolute atomic E-state index is 5.77.